The molecular formula is C28H30BrN3O4S. The highest BCUT2D eigenvalue weighted by molar-refractivity contribution is 9.10. The smallest absolute Gasteiger partial charge is 0.257 e. The number of nitrogens with zero attached hydrogens (tertiary/aromatic N) is 1. The third kappa shape index (κ3) is 6.13. The zero-order valence-corrected chi connectivity index (χ0v) is 23.1. The Hall–Kier alpha value is -2.98. The van der Waals surface area contributed by atoms with Crippen LogP contribution in [0.1, 0.15) is 21.5 Å². The number of benzene rings is 3. The minimum absolute atomic E-state index is 0.0645. The van der Waals surface area contributed by atoms with Crippen LogP contribution in [0.2, 0.25) is 0 Å². The van der Waals surface area contributed by atoms with Crippen molar-refractivity contribution in [1.29, 1.82) is 0 Å². The molecule has 2 atom stereocenters. The van der Waals surface area contributed by atoms with Gasteiger partial charge in [0, 0.05) is 53.8 Å². The fraction of sp³-hybridized carbons (Fsp3) is 0.286. The van der Waals surface area contributed by atoms with Crippen molar-refractivity contribution in [3.05, 3.63) is 94.0 Å². The Balaban J connectivity index is 1.62. The van der Waals surface area contributed by atoms with Crippen molar-refractivity contribution in [2.75, 3.05) is 33.9 Å². The summed E-state index contributed by atoms with van der Waals surface area (Å²) in [5.41, 5.74) is 1.74. The number of carbonyl (C=O) groups is 1. The molecule has 0 bridgehead atoms. The molecular weight excluding hydrogens is 554 g/mol. The van der Waals surface area contributed by atoms with Crippen LogP contribution in [0.15, 0.2) is 77.3 Å². The van der Waals surface area contributed by atoms with E-state index >= 15 is 0 Å². The average Bonchev–Trinajstić information content (AvgIpc) is 3.26. The maximum Gasteiger partial charge on any atom is 0.257 e. The molecule has 0 aliphatic carbocycles. The standard InChI is InChI=1S/C28H30BrN3O4S/c1-35-24-12-11-20(25(14-24)36-2)15-32-16-22(17-33)28(18-32,21-9-6-10-23(29)13-21)31-27(37)30-26(34)19-7-4-3-5-8-19/h3-14,22,33H,15-18H2,1-2H3,(H2,30,31,34,37)/t22-,28-/m0/s1. The van der Waals surface area contributed by atoms with Gasteiger partial charge in [-0.25, -0.2) is 0 Å². The number of rotatable bonds is 8. The maximum atomic E-state index is 12.8. The van der Waals surface area contributed by atoms with Crippen molar-refractivity contribution in [3.8, 4) is 11.5 Å². The number of nitrogens with one attached hydrogen (secondary N) is 2. The lowest BCUT2D eigenvalue weighted by atomic mass is 9.81. The lowest BCUT2D eigenvalue weighted by molar-refractivity contribution is 0.0975. The first-order valence-electron chi connectivity index (χ1n) is 11.9. The van der Waals surface area contributed by atoms with Gasteiger partial charge in [-0.15, -0.1) is 0 Å². The first-order chi connectivity index (χ1) is 17.9. The minimum Gasteiger partial charge on any atom is -0.497 e. The molecule has 3 aromatic carbocycles. The molecule has 1 aliphatic heterocycles. The van der Waals surface area contributed by atoms with Gasteiger partial charge in [-0.1, -0.05) is 52.3 Å². The molecule has 9 heteroatoms. The van der Waals surface area contributed by atoms with E-state index in [4.69, 9.17) is 21.7 Å². The highest BCUT2D eigenvalue weighted by atomic mass is 79.9. The molecule has 7 nitrogen and oxygen atoms in total. The predicted octanol–water partition coefficient (Wildman–Crippen LogP) is 4.09. The quantitative estimate of drug-likeness (QED) is 0.344. The molecule has 1 fully saturated rings. The van der Waals surface area contributed by atoms with Crippen molar-refractivity contribution >= 4 is 39.2 Å². The third-order valence-electron chi connectivity index (χ3n) is 6.70. The van der Waals surface area contributed by atoms with E-state index in [0.29, 0.717) is 25.2 Å². The van der Waals surface area contributed by atoms with E-state index in [1.807, 2.05) is 48.5 Å². The molecule has 1 aliphatic rings. The molecule has 3 N–H and O–H groups in total. The van der Waals surface area contributed by atoms with Gasteiger partial charge in [0.2, 0.25) is 0 Å². The van der Waals surface area contributed by atoms with Crippen molar-refractivity contribution < 1.29 is 19.4 Å². The first kappa shape index (κ1) is 27.1. The summed E-state index contributed by atoms with van der Waals surface area (Å²) in [6.45, 7) is 1.70. The molecule has 1 heterocycles. The molecule has 1 amide bonds. The second-order valence-corrected chi connectivity index (χ2v) is 10.3. The summed E-state index contributed by atoms with van der Waals surface area (Å²) < 4.78 is 11.9. The Morgan fingerprint density at radius 1 is 1.11 bits per heavy atom. The Morgan fingerprint density at radius 3 is 2.57 bits per heavy atom. The maximum absolute atomic E-state index is 12.8. The Labute approximate surface area is 230 Å². The van der Waals surface area contributed by atoms with Crippen LogP contribution in [0.25, 0.3) is 0 Å². The molecule has 0 spiro atoms. The van der Waals surface area contributed by atoms with E-state index in [1.165, 1.54) is 0 Å². The SMILES string of the molecule is COc1ccc(CN2C[C@@H](CO)[C@@](NC(=S)NC(=O)c3ccccc3)(c3cccc(Br)c3)C2)c(OC)c1. The Bertz CT molecular complexity index is 1260. The highest BCUT2D eigenvalue weighted by Gasteiger charge is 2.48. The highest BCUT2D eigenvalue weighted by Crippen LogP contribution is 2.39. The molecule has 37 heavy (non-hydrogen) atoms. The topological polar surface area (TPSA) is 83.1 Å². The monoisotopic (exact) mass is 583 g/mol. The number of likely N-dealkylation sites (tertiary alicyclic amines) is 1. The van der Waals surface area contributed by atoms with E-state index in [1.54, 1.807) is 38.5 Å². The van der Waals surface area contributed by atoms with Crippen LogP contribution in [0, 0.1) is 5.92 Å². The minimum atomic E-state index is -0.737. The summed E-state index contributed by atoms with van der Waals surface area (Å²) in [5.74, 6) is 0.969. The van der Waals surface area contributed by atoms with E-state index in [-0.39, 0.29) is 23.5 Å². The van der Waals surface area contributed by atoms with Gasteiger partial charge in [-0.05, 0) is 48.1 Å². The molecule has 0 radical (unpaired) electrons. The molecule has 3 aromatic rings. The van der Waals surface area contributed by atoms with E-state index in [0.717, 1.165) is 27.1 Å². The number of amides is 1. The number of hydrogen-bond acceptors (Lipinski definition) is 6. The van der Waals surface area contributed by atoms with E-state index in [9.17, 15) is 9.90 Å². The molecule has 0 aromatic heterocycles. The number of hydrogen-bond donors (Lipinski definition) is 3. The second kappa shape index (κ2) is 12.0. The number of ether oxygens (including phenoxy) is 2. The van der Waals surface area contributed by atoms with Gasteiger partial charge in [0.25, 0.3) is 5.91 Å². The Morgan fingerprint density at radius 2 is 1.89 bits per heavy atom. The van der Waals surface area contributed by atoms with Gasteiger partial charge in [0.1, 0.15) is 11.5 Å². The Kier molecular flexibility index (Phi) is 8.81. The van der Waals surface area contributed by atoms with Crippen molar-refractivity contribution in [3.63, 3.8) is 0 Å². The zero-order valence-electron chi connectivity index (χ0n) is 20.7. The summed E-state index contributed by atoms with van der Waals surface area (Å²) >= 11 is 9.20. The largest absolute Gasteiger partial charge is 0.497 e. The number of methoxy groups -OCH3 is 2. The summed E-state index contributed by atoms with van der Waals surface area (Å²) in [7, 11) is 3.26. The first-order valence-corrected chi connectivity index (χ1v) is 13.1. The number of aliphatic hydroxyl groups excluding tert-OH is 1. The van der Waals surface area contributed by atoms with Crippen LogP contribution in [0.3, 0.4) is 0 Å². The van der Waals surface area contributed by atoms with Crippen LogP contribution >= 0.6 is 28.1 Å². The van der Waals surface area contributed by atoms with Crippen LogP contribution in [0.4, 0.5) is 0 Å². The summed E-state index contributed by atoms with van der Waals surface area (Å²) in [4.78, 5) is 15.0. The van der Waals surface area contributed by atoms with Gasteiger partial charge >= 0.3 is 0 Å². The summed E-state index contributed by atoms with van der Waals surface area (Å²) in [6, 6.07) is 22.6. The van der Waals surface area contributed by atoms with Crippen LogP contribution in [-0.4, -0.2) is 54.9 Å². The van der Waals surface area contributed by atoms with Crippen molar-refractivity contribution in [2.24, 2.45) is 5.92 Å². The third-order valence-corrected chi connectivity index (χ3v) is 7.39. The van der Waals surface area contributed by atoms with Gasteiger partial charge < -0.3 is 19.9 Å². The number of halogens is 1. The zero-order chi connectivity index (χ0) is 26.4. The summed E-state index contributed by atoms with van der Waals surface area (Å²) in [5, 5.41) is 16.9. The fourth-order valence-corrected chi connectivity index (χ4v) is 5.55. The van der Waals surface area contributed by atoms with Crippen LogP contribution in [-0.2, 0) is 12.1 Å². The molecule has 0 saturated carbocycles. The summed E-state index contributed by atoms with van der Waals surface area (Å²) in [6.07, 6.45) is 0. The van der Waals surface area contributed by atoms with Gasteiger partial charge in [-0.2, -0.15) is 0 Å². The lowest BCUT2D eigenvalue weighted by Gasteiger charge is -2.37. The number of carbonyl (C=O) groups excluding carboxylic acids is 1. The van der Waals surface area contributed by atoms with Crippen molar-refractivity contribution in [1.82, 2.24) is 15.5 Å². The van der Waals surface area contributed by atoms with Crippen LogP contribution in [0.5, 0.6) is 11.5 Å². The predicted molar refractivity (Wildman–Crippen MR) is 151 cm³/mol. The second-order valence-electron chi connectivity index (χ2n) is 8.98. The molecule has 0 unspecified atom stereocenters. The van der Waals surface area contributed by atoms with Gasteiger partial charge in [0.05, 0.1) is 19.8 Å². The fourth-order valence-electron chi connectivity index (χ4n) is 4.88. The van der Waals surface area contributed by atoms with Crippen molar-refractivity contribution in [2.45, 2.75) is 12.1 Å². The number of thiocarbonyl (C=S) groups is 1. The van der Waals surface area contributed by atoms with Crippen LogP contribution < -0.4 is 20.1 Å². The van der Waals surface area contributed by atoms with Gasteiger partial charge in [0.15, 0.2) is 5.11 Å². The molecule has 194 valence electrons. The molecule has 1 saturated heterocycles. The van der Waals surface area contributed by atoms with E-state index in [2.05, 4.69) is 31.5 Å². The van der Waals surface area contributed by atoms with E-state index < -0.39 is 5.54 Å². The normalized spacial score (nSPS) is 19.3. The lowest BCUT2D eigenvalue weighted by Crippen LogP contribution is -2.56. The molecule has 4 rings (SSSR count). The number of aliphatic hydroxyl groups is 1. The van der Waals surface area contributed by atoms with Gasteiger partial charge in [-0.3, -0.25) is 15.0 Å². The average molecular weight is 585 g/mol.